The zero-order valence-electron chi connectivity index (χ0n) is 14.7. The van der Waals surface area contributed by atoms with Gasteiger partial charge in [0.15, 0.2) is 5.96 Å². The summed E-state index contributed by atoms with van der Waals surface area (Å²) in [5.41, 5.74) is 1.03. The highest BCUT2D eigenvalue weighted by molar-refractivity contribution is 14.0. The number of halogens is 1. The summed E-state index contributed by atoms with van der Waals surface area (Å²) in [4.78, 5) is 4.70. The number of aliphatic imine (C=N–C) groups is 1. The van der Waals surface area contributed by atoms with Crippen molar-refractivity contribution in [3.8, 4) is 0 Å². The van der Waals surface area contributed by atoms with Crippen LogP contribution in [0.25, 0.3) is 0 Å². The maximum absolute atomic E-state index is 12.2. The van der Waals surface area contributed by atoms with E-state index in [0.29, 0.717) is 12.6 Å². The summed E-state index contributed by atoms with van der Waals surface area (Å²) in [5, 5.41) is 6.53. The first-order valence-electron chi connectivity index (χ1n) is 8.27. The molecule has 0 aliphatic heterocycles. The van der Waals surface area contributed by atoms with E-state index in [2.05, 4.69) is 32.5 Å². The Morgan fingerprint density at radius 3 is 2.44 bits per heavy atom. The molecule has 25 heavy (non-hydrogen) atoms. The molecular formula is C17H27IN4O2S. The van der Waals surface area contributed by atoms with Crippen molar-refractivity contribution in [3.63, 3.8) is 0 Å². The Morgan fingerprint density at radius 1 is 1.20 bits per heavy atom. The van der Waals surface area contributed by atoms with E-state index in [-0.39, 0.29) is 35.4 Å². The lowest BCUT2D eigenvalue weighted by molar-refractivity contribution is 0.581. The standard InChI is InChI=1S/C17H26N4O2S.HI/c1-3-18-17(21-15-6-4-5-7-15)19-12-13-20-24(22,23)16-10-8-14(2)9-11-16;/h4-5,8-11,15,20H,3,6-7,12-13H2,1-2H3,(H2,18,19,21);1H. The molecular weight excluding hydrogens is 451 g/mol. The minimum atomic E-state index is -3.48. The second kappa shape index (κ2) is 10.8. The number of guanidine groups is 1. The van der Waals surface area contributed by atoms with Crippen LogP contribution in [-0.2, 0) is 10.0 Å². The molecule has 0 atom stereocenters. The molecule has 1 aliphatic rings. The summed E-state index contributed by atoms with van der Waals surface area (Å²) < 4.78 is 27.0. The third-order valence-electron chi connectivity index (χ3n) is 3.70. The second-order valence-corrected chi connectivity index (χ2v) is 7.52. The average Bonchev–Trinajstić information content (AvgIpc) is 3.05. The molecule has 0 saturated heterocycles. The van der Waals surface area contributed by atoms with Crippen LogP contribution >= 0.6 is 24.0 Å². The summed E-state index contributed by atoms with van der Waals surface area (Å²) in [6, 6.07) is 7.16. The van der Waals surface area contributed by atoms with Crippen molar-refractivity contribution in [1.29, 1.82) is 0 Å². The average molecular weight is 478 g/mol. The van der Waals surface area contributed by atoms with Gasteiger partial charge < -0.3 is 10.6 Å². The Labute approximate surface area is 167 Å². The minimum Gasteiger partial charge on any atom is -0.357 e. The maximum Gasteiger partial charge on any atom is 0.240 e. The Hall–Kier alpha value is -1.13. The summed E-state index contributed by atoms with van der Waals surface area (Å²) in [5.74, 6) is 0.723. The van der Waals surface area contributed by atoms with E-state index < -0.39 is 10.0 Å². The zero-order chi connectivity index (χ0) is 17.4. The fraction of sp³-hybridized carbons (Fsp3) is 0.471. The van der Waals surface area contributed by atoms with Crippen molar-refractivity contribution in [2.24, 2.45) is 4.99 Å². The molecule has 1 aromatic carbocycles. The van der Waals surface area contributed by atoms with Crippen LogP contribution in [0.4, 0.5) is 0 Å². The van der Waals surface area contributed by atoms with Gasteiger partial charge in [-0.25, -0.2) is 13.1 Å². The molecule has 6 nitrogen and oxygen atoms in total. The highest BCUT2D eigenvalue weighted by Gasteiger charge is 2.13. The van der Waals surface area contributed by atoms with Gasteiger partial charge in [0.25, 0.3) is 0 Å². The molecule has 1 aromatic rings. The van der Waals surface area contributed by atoms with Crippen molar-refractivity contribution in [2.45, 2.75) is 37.6 Å². The number of hydrogen-bond acceptors (Lipinski definition) is 3. The van der Waals surface area contributed by atoms with Crippen LogP contribution in [0.1, 0.15) is 25.3 Å². The number of nitrogens with one attached hydrogen (secondary N) is 3. The molecule has 8 heteroatoms. The molecule has 1 aliphatic carbocycles. The molecule has 0 heterocycles. The molecule has 0 spiro atoms. The highest BCUT2D eigenvalue weighted by Crippen LogP contribution is 2.10. The minimum absolute atomic E-state index is 0. The van der Waals surface area contributed by atoms with E-state index in [1.54, 1.807) is 24.3 Å². The third-order valence-corrected chi connectivity index (χ3v) is 5.17. The monoisotopic (exact) mass is 478 g/mol. The van der Waals surface area contributed by atoms with E-state index >= 15 is 0 Å². The quantitative estimate of drug-likeness (QED) is 0.185. The lowest BCUT2D eigenvalue weighted by Crippen LogP contribution is -2.42. The number of rotatable bonds is 7. The fourth-order valence-corrected chi connectivity index (χ4v) is 3.42. The van der Waals surface area contributed by atoms with E-state index in [9.17, 15) is 8.42 Å². The molecule has 0 saturated carbocycles. The van der Waals surface area contributed by atoms with Crippen molar-refractivity contribution in [3.05, 3.63) is 42.0 Å². The largest absolute Gasteiger partial charge is 0.357 e. The lowest BCUT2D eigenvalue weighted by Gasteiger charge is -2.16. The van der Waals surface area contributed by atoms with Crippen LogP contribution in [0.5, 0.6) is 0 Å². The van der Waals surface area contributed by atoms with Gasteiger partial charge in [-0.15, -0.1) is 24.0 Å². The van der Waals surface area contributed by atoms with Crippen LogP contribution in [0, 0.1) is 6.92 Å². The Bertz CT molecular complexity index is 679. The van der Waals surface area contributed by atoms with E-state index in [0.717, 1.165) is 30.9 Å². The van der Waals surface area contributed by atoms with Crippen LogP contribution in [0.2, 0.25) is 0 Å². The van der Waals surface area contributed by atoms with Gasteiger partial charge in [0.1, 0.15) is 0 Å². The molecule has 0 amide bonds. The molecule has 0 fully saturated rings. The Balaban J connectivity index is 0.00000312. The number of aryl methyl sites for hydroxylation is 1. The molecule has 0 bridgehead atoms. The predicted molar refractivity (Wildman–Crippen MR) is 113 cm³/mol. The van der Waals surface area contributed by atoms with Gasteiger partial charge in [-0.1, -0.05) is 29.8 Å². The van der Waals surface area contributed by atoms with Gasteiger partial charge in [-0.2, -0.15) is 0 Å². The molecule has 0 aromatic heterocycles. The number of benzene rings is 1. The molecule has 2 rings (SSSR count). The summed E-state index contributed by atoms with van der Waals surface area (Å²) in [6.07, 6.45) is 6.28. The summed E-state index contributed by atoms with van der Waals surface area (Å²) >= 11 is 0. The normalized spacial score (nSPS) is 15.0. The first kappa shape index (κ1) is 21.9. The van der Waals surface area contributed by atoms with Crippen LogP contribution in [0.3, 0.4) is 0 Å². The number of hydrogen-bond donors (Lipinski definition) is 3. The van der Waals surface area contributed by atoms with Crippen molar-refractivity contribution >= 4 is 40.0 Å². The van der Waals surface area contributed by atoms with Crippen LogP contribution < -0.4 is 15.4 Å². The lowest BCUT2D eigenvalue weighted by atomic mass is 10.2. The molecule has 3 N–H and O–H groups in total. The summed E-state index contributed by atoms with van der Waals surface area (Å²) in [6.45, 7) is 5.33. The maximum atomic E-state index is 12.2. The predicted octanol–water partition coefficient (Wildman–Crippen LogP) is 2.17. The zero-order valence-corrected chi connectivity index (χ0v) is 17.8. The number of sulfonamides is 1. The topological polar surface area (TPSA) is 82.6 Å². The molecule has 0 radical (unpaired) electrons. The summed E-state index contributed by atoms with van der Waals surface area (Å²) in [7, 11) is -3.48. The van der Waals surface area contributed by atoms with Gasteiger partial charge in [0.05, 0.1) is 11.4 Å². The van der Waals surface area contributed by atoms with Gasteiger partial charge >= 0.3 is 0 Å². The van der Waals surface area contributed by atoms with Crippen LogP contribution in [0.15, 0.2) is 46.3 Å². The van der Waals surface area contributed by atoms with Gasteiger partial charge in [-0.3, -0.25) is 4.99 Å². The smallest absolute Gasteiger partial charge is 0.240 e. The third kappa shape index (κ3) is 7.33. The molecule has 140 valence electrons. The SMILES string of the molecule is CCNC(=NCCNS(=O)(=O)c1ccc(C)cc1)NC1CC=CC1.I. The number of nitrogens with zero attached hydrogens (tertiary/aromatic N) is 1. The fourth-order valence-electron chi connectivity index (χ4n) is 2.40. The first-order chi connectivity index (χ1) is 11.5. The van der Waals surface area contributed by atoms with Crippen molar-refractivity contribution in [1.82, 2.24) is 15.4 Å². The van der Waals surface area contributed by atoms with E-state index in [1.807, 2.05) is 13.8 Å². The van der Waals surface area contributed by atoms with Crippen molar-refractivity contribution < 1.29 is 8.42 Å². The highest BCUT2D eigenvalue weighted by atomic mass is 127. The Kier molecular flexibility index (Phi) is 9.44. The second-order valence-electron chi connectivity index (χ2n) is 5.76. The van der Waals surface area contributed by atoms with Crippen LogP contribution in [-0.4, -0.2) is 40.1 Å². The van der Waals surface area contributed by atoms with Crippen molar-refractivity contribution in [2.75, 3.05) is 19.6 Å². The van der Waals surface area contributed by atoms with Gasteiger partial charge in [-0.05, 0) is 38.8 Å². The van der Waals surface area contributed by atoms with E-state index in [4.69, 9.17) is 0 Å². The van der Waals surface area contributed by atoms with E-state index in [1.165, 1.54) is 0 Å². The Morgan fingerprint density at radius 2 is 1.84 bits per heavy atom. The van der Waals surface area contributed by atoms with Gasteiger partial charge in [0, 0.05) is 19.1 Å². The first-order valence-corrected chi connectivity index (χ1v) is 9.76. The molecule has 0 unspecified atom stereocenters. The van der Waals surface area contributed by atoms with Gasteiger partial charge in [0.2, 0.25) is 10.0 Å².